The first-order valence-electron chi connectivity index (χ1n) is 7.17. The van der Waals surface area contributed by atoms with Crippen LogP contribution in [-0.2, 0) is 24.1 Å². The summed E-state index contributed by atoms with van der Waals surface area (Å²) in [6.45, 7) is 2.12. The minimum atomic E-state index is 0.0359. The summed E-state index contributed by atoms with van der Waals surface area (Å²) in [6.07, 6.45) is 5.24. The Morgan fingerprint density at radius 2 is 2.20 bits per heavy atom. The second-order valence-electron chi connectivity index (χ2n) is 5.31. The Hall–Kier alpha value is -2.10. The van der Waals surface area contributed by atoms with E-state index in [0.29, 0.717) is 0 Å². The summed E-state index contributed by atoms with van der Waals surface area (Å²) in [5.74, 6) is 0.142. The lowest BCUT2D eigenvalue weighted by Crippen LogP contribution is -2.28. The molecule has 1 aromatic carbocycles. The third kappa shape index (κ3) is 2.59. The van der Waals surface area contributed by atoms with E-state index in [0.717, 1.165) is 42.8 Å². The van der Waals surface area contributed by atoms with Crippen LogP contribution in [0, 0.1) is 5.92 Å². The number of fused-ring (bicyclic) bond motifs is 1. The number of hydrogen-bond donors (Lipinski definition) is 2. The fourth-order valence-corrected chi connectivity index (χ4v) is 2.69. The quantitative estimate of drug-likeness (QED) is 0.900. The maximum absolute atomic E-state index is 12.3. The summed E-state index contributed by atoms with van der Waals surface area (Å²) >= 11 is 0. The number of nitrogens with zero attached hydrogens (tertiary/aromatic N) is 1. The molecule has 0 spiro atoms. The van der Waals surface area contributed by atoms with E-state index >= 15 is 0 Å². The number of nitrogens with one attached hydrogen (secondary N) is 2. The molecule has 4 nitrogen and oxygen atoms in total. The van der Waals surface area contributed by atoms with Crippen molar-refractivity contribution in [2.45, 2.75) is 32.6 Å². The maximum Gasteiger partial charge on any atom is 0.227 e. The van der Waals surface area contributed by atoms with Gasteiger partial charge < -0.3 is 10.3 Å². The molecule has 1 aliphatic rings. The Kier molecular flexibility index (Phi) is 3.54. The summed E-state index contributed by atoms with van der Waals surface area (Å²) in [4.78, 5) is 19.7. The number of rotatable bonds is 3. The lowest BCUT2D eigenvalue weighted by Gasteiger charge is -2.20. The van der Waals surface area contributed by atoms with Crippen LogP contribution in [0.4, 0.5) is 5.69 Å². The highest BCUT2D eigenvalue weighted by Crippen LogP contribution is 2.24. The molecule has 104 valence electrons. The molecule has 0 fully saturated rings. The second kappa shape index (κ2) is 5.49. The number of hydrogen-bond acceptors (Lipinski definition) is 2. The Balaban J connectivity index is 1.65. The fourth-order valence-electron chi connectivity index (χ4n) is 2.69. The Bertz CT molecular complexity index is 600. The number of benzene rings is 1. The van der Waals surface area contributed by atoms with Gasteiger partial charge in [0, 0.05) is 23.7 Å². The highest BCUT2D eigenvalue weighted by molar-refractivity contribution is 5.92. The molecular weight excluding hydrogens is 250 g/mol. The van der Waals surface area contributed by atoms with Crippen LogP contribution in [0.1, 0.15) is 30.3 Å². The highest BCUT2D eigenvalue weighted by Gasteiger charge is 2.26. The second-order valence-corrected chi connectivity index (χ2v) is 5.31. The van der Waals surface area contributed by atoms with Crippen molar-refractivity contribution in [3.05, 3.63) is 47.5 Å². The van der Waals surface area contributed by atoms with Gasteiger partial charge in [-0.2, -0.15) is 0 Å². The van der Waals surface area contributed by atoms with Crippen LogP contribution in [0.2, 0.25) is 0 Å². The van der Waals surface area contributed by atoms with Crippen LogP contribution in [0.15, 0.2) is 30.6 Å². The lowest BCUT2D eigenvalue weighted by molar-refractivity contribution is -0.120. The van der Waals surface area contributed by atoms with Crippen molar-refractivity contribution in [2.75, 3.05) is 5.32 Å². The molecule has 1 aliphatic carbocycles. The zero-order chi connectivity index (χ0) is 13.9. The molecule has 0 aliphatic heterocycles. The van der Waals surface area contributed by atoms with Crippen molar-refractivity contribution < 1.29 is 4.79 Å². The monoisotopic (exact) mass is 269 g/mol. The molecule has 1 atom stereocenters. The smallest absolute Gasteiger partial charge is 0.227 e. The average molecular weight is 269 g/mol. The molecule has 0 saturated carbocycles. The average Bonchev–Trinajstić information content (AvgIpc) is 2.95. The van der Waals surface area contributed by atoms with Gasteiger partial charge >= 0.3 is 0 Å². The van der Waals surface area contributed by atoms with E-state index in [1.54, 1.807) is 6.33 Å². The maximum atomic E-state index is 12.3. The van der Waals surface area contributed by atoms with Gasteiger partial charge in [0.05, 0.1) is 12.0 Å². The van der Waals surface area contributed by atoms with Crippen molar-refractivity contribution in [1.29, 1.82) is 0 Å². The topological polar surface area (TPSA) is 57.8 Å². The first-order valence-corrected chi connectivity index (χ1v) is 7.17. The molecular formula is C16H19N3O. The molecule has 1 aromatic heterocycles. The van der Waals surface area contributed by atoms with E-state index < -0.39 is 0 Å². The van der Waals surface area contributed by atoms with E-state index in [-0.39, 0.29) is 11.8 Å². The first kappa shape index (κ1) is 12.9. The standard InChI is InChI=1S/C16H19N3O/c1-2-11-3-6-13(7-4-11)19-16(20)12-5-8-14-15(9-12)18-10-17-14/h3-4,6-7,10,12H,2,5,8-9H2,1H3,(H,17,18)(H,19,20). The van der Waals surface area contributed by atoms with Crippen LogP contribution in [0.25, 0.3) is 0 Å². The summed E-state index contributed by atoms with van der Waals surface area (Å²) in [5, 5.41) is 3.01. The van der Waals surface area contributed by atoms with Crippen molar-refractivity contribution in [3.63, 3.8) is 0 Å². The predicted octanol–water partition coefficient (Wildman–Crippen LogP) is 2.72. The van der Waals surface area contributed by atoms with Gasteiger partial charge in [-0.25, -0.2) is 4.98 Å². The Labute approximate surface area is 118 Å². The molecule has 1 heterocycles. The number of aromatic amines is 1. The van der Waals surface area contributed by atoms with Crippen LogP contribution in [0.3, 0.4) is 0 Å². The van der Waals surface area contributed by atoms with E-state index in [1.165, 1.54) is 5.56 Å². The number of H-pyrrole nitrogens is 1. The zero-order valence-electron chi connectivity index (χ0n) is 11.6. The van der Waals surface area contributed by atoms with E-state index in [9.17, 15) is 4.79 Å². The number of aromatic nitrogens is 2. The predicted molar refractivity (Wildman–Crippen MR) is 78.6 cm³/mol. The molecule has 0 saturated heterocycles. The van der Waals surface area contributed by atoms with Crippen LogP contribution < -0.4 is 5.32 Å². The molecule has 3 rings (SSSR count). The third-order valence-electron chi connectivity index (χ3n) is 3.99. The Morgan fingerprint density at radius 1 is 1.40 bits per heavy atom. The lowest BCUT2D eigenvalue weighted by atomic mass is 9.89. The van der Waals surface area contributed by atoms with Gasteiger partial charge in [0.2, 0.25) is 5.91 Å². The van der Waals surface area contributed by atoms with Gasteiger partial charge in [-0.3, -0.25) is 4.79 Å². The minimum absolute atomic E-state index is 0.0359. The number of imidazole rings is 1. The number of amides is 1. The van der Waals surface area contributed by atoms with Crippen molar-refractivity contribution in [3.8, 4) is 0 Å². The SMILES string of the molecule is CCc1ccc(NC(=O)C2CCc3nc[nH]c3C2)cc1. The van der Waals surface area contributed by atoms with E-state index in [1.807, 2.05) is 12.1 Å². The fraction of sp³-hybridized carbons (Fsp3) is 0.375. The van der Waals surface area contributed by atoms with Crippen molar-refractivity contribution >= 4 is 11.6 Å². The highest BCUT2D eigenvalue weighted by atomic mass is 16.1. The molecule has 2 N–H and O–H groups in total. The first-order chi connectivity index (χ1) is 9.76. The molecule has 1 amide bonds. The normalized spacial score (nSPS) is 17.6. The number of carbonyl (C=O) groups is 1. The Morgan fingerprint density at radius 3 is 2.95 bits per heavy atom. The van der Waals surface area contributed by atoms with Gasteiger partial charge in [0.15, 0.2) is 0 Å². The van der Waals surface area contributed by atoms with Gasteiger partial charge in [-0.05, 0) is 37.0 Å². The summed E-state index contributed by atoms with van der Waals surface area (Å²) < 4.78 is 0. The molecule has 20 heavy (non-hydrogen) atoms. The number of carbonyl (C=O) groups excluding carboxylic acids is 1. The van der Waals surface area contributed by atoms with Gasteiger partial charge in [-0.1, -0.05) is 19.1 Å². The summed E-state index contributed by atoms with van der Waals surface area (Å²) in [6, 6.07) is 8.06. The van der Waals surface area contributed by atoms with Crippen LogP contribution in [0.5, 0.6) is 0 Å². The summed E-state index contributed by atoms with van der Waals surface area (Å²) in [7, 11) is 0. The third-order valence-corrected chi connectivity index (χ3v) is 3.99. The summed E-state index contributed by atoms with van der Waals surface area (Å²) in [5.41, 5.74) is 4.38. The van der Waals surface area contributed by atoms with Gasteiger partial charge in [0.25, 0.3) is 0 Å². The van der Waals surface area contributed by atoms with E-state index in [4.69, 9.17) is 0 Å². The zero-order valence-corrected chi connectivity index (χ0v) is 11.6. The minimum Gasteiger partial charge on any atom is -0.348 e. The van der Waals surface area contributed by atoms with Crippen molar-refractivity contribution in [2.24, 2.45) is 5.92 Å². The molecule has 2 aromatic rings. The molecule has 4 heteroatoms. The molecule has 0 radical (unpaired) electrons. The van der Waals surface area contributed by atoms with E-state index in [2.05, 4.69) is 34.3 Å². The van der Waals surface area contributed by atoms with Crippen molar-refractivity contribution in [1.82, 2.24) is 9.97 Å². The number of anilines is 1. The molecule has 0 bridgehead atoms. The van der Waals surface area contributed by atoms with Gasteiger partial charge in [-0.15, -0.1) is 0 Å². The van der Waals surface area contributed by atoms with Gasteiger partial charge in [0.1, 0.15) is 0 Å². The molecule has 1 unspecified atom stereocenters. The largest absolute Gasteiger partial charge is 0.348 e. The number of aryl methyl sites for hydroxylation is 2. The van der Waals surface area contributed by atoms with Crippen LogP contribution in [-0.4, -0.2) is 15.9 Å². The van der Waals surface area contributed by atoms with Crippen LogP contribution >= 0.6 is 0 Å².